The van der Waals surface area contributed by atoms with E-state index in [4.69, 9.17) is 4.74 Å². The van der Waals surface area contributed by atoms with E-state index in [2.05, 4.69) is 5.32 Å². The Kier molecular flexibility index (Phi) is 3.83. The van der Waals surface area contributed by atoms with Gasteiger partial charge in [0.15, 0.2) is 0 Å². The second kappa shape index (κ2) is 5.93. The van der Waals surface area contributed by atoms with Crippen LogP contribution in [0.15, 0.2) is 54.7 Å². The van der Waals surface area contributed by atoms with Crippen molar-refractivity contribution in [1.29, 1.82) is 0 Å². The number of carbonyl (C=O) groups is 1. The van der Waals surface area contributed by atoms with Gasteiger partial charge in [0, 0.05) is 36.3 Å². The van der Waals surface area contributed by atoms with E-state index in [1.807, 2.05) is 66.3 Å². The fourth-order valence-electron chi connectivity index (χ4n) is 2.45. The predicted molar refractivity (Wildman–Crippen MR) is 87.1 cm³/mol. The standard InChI is InChI=1S/C18H18N2O2/c1-20-10-9-14-11-15(5-8-17(14)20)18(21)19-12-13-3-6-16(22-2)7-4-13/h3-11H,12H2,1-2H3,(H,19,21). The molecule has 0 fully saturated rings. The highest BCUT2D eigenvalue weighted by Gasteiger charge is 2.07. The van der Waals surface area contributed by atoms with Crippen molar-refractivity contribution in [2.75, 3.05) is 7.11 Å². The van der Waals surface area contributed by atoms with Crippen molar-refractivity contribution in [3.8, 4) is 5.75 Å². The van der Waals surface area contributed by atoms with Gasteiger partial charge in [-0.05, 0) is 42.0 Å². The topological polar surface area (TPSA) is 43.3 Å². The molecule has 3 rings (SSSR count). The number of carbonyl (C=O) groups excluding carboxylic acids is 1. The highest BCUT2D eigenvalue weighted by molar-refractivity contribution is 5.98. The Labute approximate surface area is 129 Å². The second-order valence-corrected chi connectivity index (χ2v) is 5.23. The van der Waals surface area contributed by atoms with Crippen molar-refractivity contribution in [2.45, 2.75) is 6.54 Å². The maximum Gasteiger partial charge on any atom is 0.251 e. The van der Waals surface area contributed by atoms with Crippen LogP contribution in [0.5, 0.6) is 5.75 Å². The molecular weight excluding hydrogens is 276 g/mol. The maximum atomic E-state index is 12.2. The molecule has 0 saturated heterocycles. The Hall–Kier alpha value is -2.75. The number of nitrogens with one attached hydrogen (secondary N) is 1. The Morgan fingerprint density at radius 1 is 1.14 bits per heavy atom. The third kappa shape index (κ3) is 2.81. The minimum Gasteiger partial charge on any atom is -0.497 e. The predicted octanol–water partition coefficient (Wildman–Crippen LogP) is 3.12. The number of aryl methyl sites for hydroxylation is 1. The Balaban J connectivity index is 1.69. The molecule has 0 spiro atoms. The van der Waals surface area contributed by atoms with Crippen LogP contribution in [0, 0.1) is 0 Å². The molecule has 4 nitrogen and oxygen atoms in total. The number of nitrogens with zero attached hydrogens (tertiary/aromatic N) is 1. The van der Waals surface area contributed by atoms with E-state index in [0.717, 1.165) is 22.2 Å². The van der Waals surface area contributed by atoms with Gasteiger partial charge in [-0.25, -0.2) is 0 Å². The first-order valence-electron chi connectivity index (χ1n) is 7.13. The van der Waals surface area contributed by atoms with Crippen LogP contribution >= 0.6 is 0 Å². The molecule has 1 heterocycles. The summed E-state index contributed by atoms with van der Waals surface area (Å²) < 4.78 is 7.15. The molecule has 0 radical (unpaired) electrons. The molecule has 3 aromatic rings. The lowest BCUT2D eigenvalue weighted by molar-refractivity contribution is 0.0951. The highest BCUT2D eigenvalue weighted by Crippen LogP contribution is 2.17. The lowest BCUT2D eigenvalue weighted by atomic mass is 10.1. The largest absolute Gasteiger partial charge is 0.497 e. The molecule has 0 aliphatic carbocycles. The molecule has 0 aliphatic rings. The number of benzene rings is 2. The number of methoxy groups -OCH3 is 1. The Morgan fingerprint density at radius 2 is 1.91 bits per heavy atom. The average Bonchev–Trinajstić information content (AvgIpc) is 2.93. The van der Waals surface area contributed by atoms with Crippen molar-refractivity contribution >= 4 is 16.8 Å². The molecule has 1 aromatic heterocycles. The lowest BCUT2D eigenvalue weighted by Gasteiger charge is -2.07. The minimum absolute atomic E-state index is 0.0680. The quantitative estimate of drug-likeness (QED) is 0.803. The van der Waals surface area contributed by atoms with Crippen LogP contribution in [0.3, 0.4) is 0 Å². The number of hydrogen-bond acceptors (Lipinski definition) is 2. The van der Waals surface area contributed by atoms with Crippen LogP contribution in [0.1, 0.15) is 15.9 Å². The van der Waals surface area contributed by atoms with Gasteiger partial charge >= 0.3 is 0 Å². The van der Waals surface area contributed by atoms with Gasteiger partial charge in [0.2, 0.25) is 0 Å². The molecular formula is C18H18N2O2. The number of ether oxygens (including phenoxy) is 1. The Bertz CT molecular complexity index is 804. The van der Waals surface area contributed by atoms with Crippen molar-refractivity contribution in [3.63, 3.8) is 0 Å². The maximum absolute atomic E-state index is 12.2. The van der Waals surface area contributed by atoms with Crippen molar-refractivity contribution in [3.05, 3.63) is 65.9 Å². The zero-order valence-corrected chi connectivity index (χ0v) is 12.7. The number of fused-ring (bicyclic) bond motifs is 1. The summed E-state index contributed by atoms with van der Waals surface area (Å²) in [5, 5.41) is 4.01. The van der Waals surface area contributed by atoms with Gasteiger partial charge in [-0.15, -0.1) is 0 Å². The molecule has 1 N–H and O–H groups in total. The van der Waals surface area contributed by atoms with Crippen LogP contribution in [0.2, 0.25) is 0 Å². The van der Waals surface area contributed by atoms with Crippen molar-refractivity contribution in [1.82, 2.24) is 9.88 Å². The summed E-state index contributed by atoms with van der Waals surface area (Å²) in [5.74, 6) is 0.742. The fourth-order valence-corrected chi connectivity index (χ4v) is 2.45. The summed E-state index contributed by atoms with van der Waals surface area (Å²) in [7, 11) is 3.63. The van der Waals surface area contributed by atoms with Crippen LogP contribution in [-0.2, 0) is 13.6 Å². The highest BCUT2D eigenvalue weighted by atomic mass is 16.5. The van der Waals surface area contributed by atoms with Gasteiger partial charge in [-0.2, -0.15) is 0 Å². The van der Waals surface area contributed by atoms with Crippen molar-refractivity contribution in [2.24, 2.45) is 7.05 Å². The third-order valence-electron chi connectivity index (χ3n) is 3.76. The van der Waals surface area contributed by atoms with Gasteiger partial charge in [-0.3, -0.25) is 4.79 Å². The minimum atomic E-state index is -0.0680. The summed E-state index contributed by atoms with van der Waals surface area (Å²) in [6.07, 6.45) is 1.99. The zero-order valence-electron chi connectivity index (χ0n) is 12.7. The normalized spacial score (nSPS) is 10.6. The molecule has 112 valence electrons. The zero-order chi connectivity index (χ0) is 15.5. The number of rotatable bonds is 4. The smallest absolute Gasteiger partial charge is 0.251 e. The van der Waals surface area contributed by atoms with E-state index in [9.17, 15) is 4.79 Å². The Morgan fingerprint density at radius 3 is 2.64 bits per heavy atom. The van der Waals surface area contributed by atoms with E-state index >= 15 is 0 Å². The van der Waals surface area contributed by atoms with E-state index in [-0.39, 0.29) is 5.91 Å². The number of hydrogen-bond donors (Lipinski definition) is 1. The number of aromatic nitrogens is 1. The summed E-state index contributed by atoms with van der Waals surface area (Å²) >= 11 is 0. The molecule has 0 bridgehead atoms. The van der Waals surface area contributed by atoms with Gasteiger partial charge in [-0.1, -0.05) is 12.1 Å². The van der Waals surface area contributed by atoms with E-state index in [1.54, 1.807) is 7.11 Å². The summed E-state index contributed by atoms with van der Waals surface area (Å²) in [6.45, 7) is 0.496. The second-order valence-electron chi connectivity index (χ2n) is 5.23. The van der Waals surface area contributed by atoms with Gasteiger partial charge in [0.05, 0.1) is 7.11 Å². The molecule has 4 heteroatoms. The van der Waals surface area contributed by atoms with Crippen LogP contribution < -0.4 is 10.1 Å². The van der Waals surface area contributed by atoms with Gasteiger partial charge < -0.3 is 14.6 Å². The number of amides is 1. The molecule has 0 saturated carbocycles. The first-order valence-corrected chi connectivity index (χ1v) is 7.13. The van der Waals surface area contributed by atoms with Crippen LogP contribution in [0.4, 0.5) is 0 Å². The van der Waals surface area contributed by atoms with Gasteiger partial charge in [0.25, 0.3) is 5.91 Å². The van der Waals surface area contributed by atoms with E-state index < -0.39 is 0 Å². The first kappa shape index (κ1) is 14.2. The van der Waals surface area contributed by atoms with Crippen molar-refractivity contribution < 1.29 is 9.53 Å². The molecule has 0 unspecified atom stereocenters. The van der Waals surface area contributed by atoms with Crippen LogP contribution in [0.25, 0.3) is 10.9 Å². The summed E-state index contributed by atoms with van der Waals surface area (Å²) in [4.78, 5) is 12.2. The molecule has 0 atom stereocenters. The lowest BCUT2D eigenvalue weighted by Crippen LogP contribution is -2.22. The average molecular weight is 294 g/mol. The summed E-state index contributed by atoms with van der Waals surface area (Å²) in [5.41, 5.74) is 2.83. The van der Waals surface area contributed by atoms with Crippen LogP contribution in [-0.4, -0.2) is 17.6 Å². The van der Waals surface area contributed by atoms with E-state index in [0.29, 0.717) is 12.1 Å². The SMILES string of the molecule is COc1ccc(CNC(=O)c2ccc3c(ccn3C)c2)cc1. The van der Waals surface area contributed by atoms with E-state index in [1.165, 1.54) is 0 Å². The molecule has 22 heavy (non-hydrogen) atoms. The molecule has 2 aromatic carbocycles. The first-order chi connectivity index (χ1) is 10.7. The van der Waals surface area contributed by atoms with Gasteiger partial charge in [0.1, 0.15) is 5.75 Å². The summed E-state index contributed by atoms with van der Waals surface area (Å²) in [6, 6.07) is 15.4. The monoisotopic (exact) mass is 294 g/mol. The fraction of sp³-hybridized carbons (Fsp3) is 0.167. The molecule has 0 aliphatic heterocycles. The third-order valence-corrected chi connectivity index (χ3v) is 3.76. The molecule has 1 amide bonds.